The van der Waals surface area contributed by atoms with Crippen LogP contribution in [-0.4, -0.2) is 63.8 Å². The van der Waals surface area contributed by atoms with Gasteiger partial charge in [-0.15, -0.1) is 0 Å². The number of β-amino-alcohol motifs (C(OH)–C–C–N with tert-alkyl or cyclic N) is 1. The number of aliphatic hydroxyl groups excluding tert-OH is 1. The fourth-order valence-electron chi connectivity index (χ4n) is 3.05. The van der Waals surface area contributed by atoms with E-state index in [4.69, 9.17) is 4.74 Å². The first-order valence-electron chi connectivity index (χ1n) is 9.15. The summed E-state index contributed by atoms with van der Waals surface area (Å²) in [6.45, 7) is 11.5. The van der Waals surface area contributed by atoms with Gasteiger partial charge in [0.25, 0.3) is 0 Å². The number of aromatic nitrogens is 1. The van der Waals surface area contributed by atoms with Gasteiger partial charge in [0.2, 0.25) is 0 Å². The van der Waals surface area contributed by atoms with Crippen LogP contribution >= 0.6 is 0 Å². The Labute approximate surface area is 155 Å². The van der Waals surface area contributed by atoms with Gasteiger partial charge in [-0.2, -0.15) is 0 Å². The highest BCUT2D eigenvalue weighted by Crippen LogP contribution is 2.19. The van der Waals surface area contributed by atoms with E-state index in [0.717, 1.165) is 0 Å². The highest BCUT2D eigenvalue weighted by Gasteiger charge is 2.31. The van der Waals surface area contributed by atoms with Crippen molar-refractivity contribution >= 4 is 6.09 Å². The molecule has 0 aromatic carbocycles. The second-order valence-electron chi connectivity index (χ2n) is 7.85. The summed E-state index contributed by atoms with van der Waals surface area (Å²) in [6.07, 6.45) is 0.871. The van der Waals surface area contributed by atoms with Gasteiger partial charge in [-0.05, 0) is 40.2 Å². The number of pyridine rings is 1. The number of aryl methyl sites for hydroxylation is 1. The first-order chi connectivity index (χ1) is 12.1. The number of hydrogen-bond acceptors (Lipinski definition) is 5. The van der Waals surface area contributed by atoms with E-state index in [9.17, 15) is 14.3 Å². The predicted octanol–water partition coefficient (Wildman–Crippen LogP) is 2.76. The second-order valence-corrected chi connectivity index (χ2v) is 7.85. The van der Waals surface area contributed by atoms with Crippen LogP contribution in [0.15, 0.2) is 12.3 Å². The fraction of sp³-hybridized carbons (Fsp3) is 0.684. The zero-order valence-corrected chi connectivity index (χ0v) is 16.3. The molecule has 1 aromatic rings. The van der Waals surface area contributed by atoms with E-state index in [1.54, 1.807) is 4.90 Å². The summed E-state index contributed by atoms with van der Waals surface area (Å²) in [4.78, 5) is 20.2. The molecule has 1 amide bonds. The molecule has 1 N–H and O–H groups in total. The van der Waals surface area contributed by atoms with Crippen LogP contribution in [0.2, 0.25) is 0 Å². The van der Waals surface area contributed by atoms with Gasteiger partial charge < -0.3 is 14.7 Å². The third-order valence-electron chi connectivity index (χ3n) is 4.44. The SMILES string of the molecule is CCc1cnc([C@H](O)CN2CCN(C(=O)OC(C)(C)C)[C@H](C)C2)cc1F. The summed E-state index contributed by atoms with van der Waals surface area (Å²) in [7, 11) is 0. The number of ether oxygens (including phenoxy) is 1. The van der Waals surface area contributed by atoms with E-state index in [-0.39, 0.29) is 18.0 Å². The highest BCUT2D eigenvalue weighted by molar-refractivity contribution is 5.68. The summed E-state index contributed by atoms with van der Waals surface area (Å²) in [5, 5.41) is 10.4. The Balaban J connectivity index is 1.92. The number of rotatable bonds is 4. The first-order valence-corrected chi connectivity index (χ1v) is 9.15. The van der Waals surface area contributed by atoms with Crippen molar-refractivity contribution in [3.63, 3.8) is 0 Å². The molecule has 0 radical (unpaired) electrons. The number of halogens is 1. The van der Waals surface area contributed by atoms with Crippen LogP contribution in [0.3, 0.4) is 0 Å². The van der Waals surface area contributed by atoms with Crippen molar-refractivity contribution in [3.05, 3.63) is 29.3 Å². The molecule has 1 aromatic heterocycles. The van der Waals surface area contributed by atoms with Gasteiger partial charge in [0.05, 0.1) is 5.69 Å². The van der Waals surface area contributed by atoms with Crippen molar-refractivity contribution in [3.8, 4) is 0 Å². The van der Waals surface area contributed by atoms with Crippen LogP contribution in [-0.2, 0) is 11.2 Å². The lowest BCUT2D eigenvalue weighted by molar-refractivity contribution is -0.00447. The van der Waals surface area contributed by atoms with Crippen molar-refractivity contribution in [2.75, 3.05) is 26.2 Å². The van der Waals surface area contributed by atoms with Gasteiger partial charge in [0.15, 0.2) is 0 Å². The average Bonchev–Trinajstić information content (AvgIpc) is 2.53. The average molecular weight is 367 g/mol. The highest BCUT2D eigenvalue weighted by atomic mass is 19.1. The Morgan fingerprint density at radius 1 is 1.46 bits per heavy atom. The minimum Gasteiger partial charge on any atom is -0.444 e. The molecule has 0 spiro atoms. The zero-order chi connectivity index (χ0) is 19.5. The van der Waals surface area contributed by atoms with Gasteiger partial charge in [0.1, 0.15) is 17.5 Å². The Morgan fingerprint density at radius 3 is 2.69 bits per heavy atom. The zero-order valence-electron chi connectivity index (χ0n) is 16.3. The predicted molar refractivity (Wildman–Crippen MR) is 97.4 cm³/mol. The maximum Gasteiger partial charge on any atom is 0.410 e. The number of aliphatic hydroxyl groups is 1. The number of carbonyl (C=O) groups excluding carboxylic acids is 1. The molecular weight excluding hydrogens is 337 g/mol. The molecule has 6 nitrogen and oxygen atoms in total. The summed E-state index contributed by atoms with van der Waals surface area (Å²) >= 11 is 0. The second kappa shape index (κ2) is 8.31. The van der Waals surface area contributed by atoms with Crippen molar-refractivity contribution < 1.29 is 19.0 Å². The molecule has 1 fully saturated rings. The molecule has 2 rings (SSSR count). The molecule has 2 atom stereocenters. The number of piperazine rings is 1. The van der Waals surface area contributed by atoms with Crippen LogP contribution in [0, 0.1) is 5.82 Å². The van der Waals surface area contributed by atoms with Crippen molar-refractivity contribution in [2.24, 2.45) is 0 Å². The molecule has 7 heteroatoms. The smallest absolute Gasteiger partial charge is 0.410 e. The van der Waals surface area contributed by atoms with Crippen molar-refractivity contribution in [1.82, 2.24) is 14.8 Å². The van der Waals surface area contributed by atoms with E-state index in [2.05, 4.69) is 9.88 Å². The quantitative estimate of drug-likeness (QED) is 0.886. The monoisotopic (exact) mass is 367 g/mol. The lowest BCUT2D eigenvalue weighted by atomic mass is 10.1. The Kier molecular flexibility index (Phi) is 6.58. The molecule has 26 heavy (non-hydrogen) atoms. The van der Waals surface area contributed by atoms with Gasteiger partial charge in [-0.25, -0.2) is 9.18 Å². The largest absolute Gasteiger partial charge is 0.444 e. The Morgan fingerprint density at radius 2 is 2.15 bits per heavy atom. The normalized spacial score (nSPS) is 20.1. The maximum atomic E-state index is 13.9. The van der Waals surface area contributed by atoms with E-state index in [0.29, 0.717) is 43.9 Å². The van der Waals surface area contributed by atoms with Gasteiger partial charge in [-0.1, -0.05) is 6.92 Å². The summed E-state index contributed by atoms with van der Waals surface area (Å²) in [5.74, 6) is -0.334. The third kappa shape index (κ3) is 5.38. The van der Waals surface area contributed by atoms with E-state index < -0.39 is 11.7 Å². The number of carbonyl (C=O) groups is 1. The van der Waals surface area contributed by atoms with Crippen LogP contribution in [0.1, 0.15) is 52.0 Å². The minimum absolute atomic E-state index is 0.0297. The number of hydrogen-bond donors (Lipinski definition) is 1. The van der Waals surface area contributed by atoms with E-state index in [1.165, 1.54) is 12.3 Å². The molecule has 1 aliphatic rings. The molecule has 0 saturated carbocycles. The Bertz CT molecular complexity index is 633. The minimum atomic E-state index is -0.865. The molecule has 146 valence electrons. The summed E-state index contributed by atoms with van der Waals surface area (Å²) < 4.78 is 19.3. The van der Waals surface area contributed by atoms with Crippen LogP contribution in [0.5, 0.6) is 0 Å². The van der Waals surface area contributed by atoms with E-state index in [1.807, 2.05) is 34.6 Å². The Hall–Kier alpha value is -1.73. The summed E-state index contributed by atoms with van der Waals surface area (Å²) in [5.41, 5.74) is 0.354. The molecule has 1 saturated heterocycles. The molecule has 0 aliphatic carbocycles. The van der Waals surface area contributed by atoms with E-state index >= 15 is 0 Å². The van der Waals surface area contributed by atoms with Crippen molar-refractivity contribution in [1.29, 1.82) is 0 Å². The number of nitrogens with zero attached hydrogens (tertiary/aromatic N) is 3. The third-order valence-corrected chi connectivity index (χ3v) is 4.44. The lowest BCUT2D eigenvalue weighted by Crippen LogP contribution is -2.55. The van der Waals surface area contributed by atoms with Crippen LogP contribution in [0.25, 0.3) is 0 Å². The first kappa shape index (κ1) is 20.6. The van der Waals surface area contributed by atoms with Gasteiger partial charge in [0, 0.05) is 44.0 Å². The topological polar surface area (TPSA) is 65.9 Å². The number of amides is 1. The fourth-order valence-corrected chi connectivity index (χ4v) is 3.05. The maximum absolute atomic E-state index is 13.9. The molecule has 1 aliphatic heterocycles. The summed E-state index contributed by atoms with van der Waals surface area (Å²) in [6, 6.07) is 1.28. The van der Waals surface area contributed by atoms with Crippen LogP contribution < -0.4 is 0 Å². The molecule has 0 unspecified atom stereocenters. The van der Waals surface area contributed by atoms with Crippen molar-refractivity contribution in [2.45, 2.75) is 58.8 Å². The van der Waals surface area contributed by atoms with Gasteiger partial charge >= 0.3 is 6.09 Å². The lowest BCUT2D eigenvalue weighted by Gasteiger charge is -2.40. The molecule has 0 bridgehead atoms. The molecular formula is C19H30FN3O3. The molecule has 2 heterocycles. The van der Waals surface area contributed by atoms with Gasteiger partial charge in [-0.3, -0.25) is 9.88 Å². The van der Waals surface area contributed by atoms with Crippen LogP contribution in [0.4, 0.5) is 9.18 Å². The standard InChI is InChI=1S/C19H30FN3O3/c1-6-14-10-21-16(9-15(14)20)17(24)12-22-7-8-23(13(2)11-22)18(25)26-19(3,4)5/h9-10,13,17,24H,6-8,11-12H2,1-5H3/t13-,17-/m1/s1.